The van der Waals surface area contributed by atoms with Gasteiger partial charge in [0.25, 0.3) is 0 Å². The normalized spacial score (nSPS) is 11.5. The summed E-state index contributed by atoms with van der Waals surface area (Å²) in [5.41, 5.74) is 5.12. The van der Waals surface area contributed by atoms with Crippen LogP contribution in [0.3, 0.4) is 0 Å². The number of nitrogens with zero attached hydrogens (tertiary/aromatic N) is 3. The largest absolute Gasteiger partial charge is 0.494 e. The average Bonchev–Trinajstić information content (AvgIpc) is 3.23. The predicted molar refractivity (Wildman–Crippen MR) is 132 cm³/mol. The smallest absolute Gasteiger partial charge is 0.248 e. The quantitative estimate of drug-likeness (QED) is 0.388. The summed E-state index contributed by atoms with van der Waals surface area (Å²) in [5, 5.41) is 3.53. The zero-order chi connectivity index (χ0) is 24.2. The van der Waals surface area contributed by atoms with Gasteiger partial charge in [-0.1, -0.05) is 6.08 Å². The molecule has 2 N–H and O–H groups in total. The molecular formula is C26H26FN5O2. The maximum absolute atomic E-state index is 14.9. The number of aromatic nitrogens is 3. The minimum Gasteiger partial charge on any atom is -0.494 e. The monoisotopic (exact) mass is 459 g/mol. The Hall–Kier alpha value is -4.04. The number of halogens is 1. The van der Waals surface area contributed by atoms with Crippen molar-refractivity contribution in [2.45, 2.75) is 6.92 Å². The zero-order valence-corrected chi connectivity index (χ0v) is 19.5. The summed E-state index contributed by atoms with van der Waals surface area (Å²) in [6, 6.07) is 9.12. The number of aromatic amines is 1. The Bertz CT molecular complexity index is 1380. The first kappa shape index (κ1) is 23.1. The van der Waals surface area contributed by atoms with E-state index in [1.807, 2.05) is 50.3 Å². The summed E-state index contributed by atoms with van der Waals surface area (Å²) in [6.45, 7) is 2.54. The number of likely N-dealkylation sites (N-methyl/N-ethyl adjacent to an activating group) is 1. The molecule has 0 spiro atoms. The molecule has 0 atom stereocenters. The van der Waals surface area contributed by atoms with Gasteiger partial charge in [0.1, 0.15) is 5.65 Å². The highest BCUT2D eigenvalue weighted by Crippen LogP contribution is 2.35. The van der Waals surface area contributed by atoms with Crippen LogP contribution in [0.4, 0.5) is 10.1 Å². The van der Waals surface area contributed by atoms with Crippen molar-refractivity contribution in [3.63, 3.8) is 0 Å². The van der Waals surface area contributed by atoms with Crippen LogP contribution in [0.2, 0.25) is 0 Å². The second kappa shape index (κ2) is 9.84. The molecule has 0 aliphatic rings. The Morgan fingerprint density at radius 3 is 2.74 bits per heavy atom. The maximum Gasteiger partial charge on any atom is 0.248 e. The van der Waals surface area contributed by atoms with Crippen LogP contribution < -0.4 is 10.1 Å². The van der Waals surface area contributed by atoms with Crippen LogP contribution in [0.5, 0.6) is 5.75 Å². The van der Waals surface area contributed by atoms with Crippen molar-refractivity contribution >= 4 is 22.6 Å². The van der Waals surface area contributed by atoms with Gasteiger partial charge in [-0.15, -0.1) is 0 Å². The van der Waals surface area contributed by atoms with E-state index in [4.69, 9.17) is 4.74 Å². The highest BCUT2D eigenvalue weighted by atomic mass is 19.1. The Morgan fingerprint density at radius 2 is 2.00 bits per heavy atom. The van der Waals surface area contributed by atoms with Gasteiger partial charge in [0.2, 0.25) is 5.91 Å². The first-order chi connectivity index (χ1) is 16.4. The van der Waals surface area contributed by atoms with Crippen molar-refractivity contribution in [2.24, 2.45) is 0 Å². The molecule has 3 heterocycles. The van der Waals surface area contributed by atoms with Crippen LogP contribution in [0.25, 0.3) is 33.3 Å². The van der Waals surface area contributed by atoms with Gasteiger partial charge >= 0.3 is 0 Å². The van der Waals surface area contributed by atoms with Crippen molar-refractivity contribution in [2.75, 3.05) is 33.1 Å². The lowest BCUT2D eigenvalue weighted by atomic mass is 10.0. The van der Waals surface area contributed by atoms with Crippen LogP contribution >= 0.6 is 0 Å². The van der Waals surface area contributed by atoms with Crippen LogP contribution in [-0.4, -0.2) is 53.5 Å². The van der Waals surface area contributed by atoms with E-state index in [-0.39, 0.29) is 11.4 Å². The van der Waals surface area contributed by atoms with Gasteiger partial charge in [0.05, 0.1) is 12.8 Å². The van der Waals surface area contributed by atoms with Crippen molar-refractivity contribution in [1.29, 1.82) is 0 Å². The van der Waals surface area contributed by atoms with Gasteiger partial charge < -0.3 is 19.9 Å². The van der Waals surface area contributed by atoms with Gasteiger partial charge in [-0.3, -0.25) is 9.78 Å². The highest BCUT2D eigenvalue weighted by Gasteiger charge is 2.16. The number of carbonyl (C=O) groups excluding carboxylic acids is 1. The number of hydrogen-bond acceptors (Lipinski definition) is 5. The Labute approximate surface area is 197 Å². The van der Waals surface area contributed by atoms with Crippen molar-refractivity contribution in [1.82, 2.24) is 19.9 Å². The van der Waals surface area contributed by atoms with Crippen LogP contribution in [-0.2, 0) is 4.79 Å². The summed E-state index contributed by atoms with van der Waals surface area (Å²) < 4.78 is 20.1. The Morgan fingerprint density at radius 1 is 1.18 bits per heavy atom. The minimum atomic E-state index is -0.635. The Kier molecular flexibility index (Phi) is 6.70. The molecule has 8 heteroatoms. The molecular weight excluding hydrogens is 433 g/mol. The molecule has 1 aromatic carbocycles. The van der Waals surface area contributed by atoms with E-state index in [0.29, 0.717) is 12.1 Å². The summed E-state index contributed by atoms with van der Waals surface area (Å²) in [7, 11) is 5.18. The number of nitrogens with one attached hydrogen (secondary N) is 2. The molecule has 0 fully saturated rings. The fourth-order valence-corrected chi connectivity index (χ4v) is 3.66. The third-order valence-electron chi connectivity index (χ3n) is 5.33. The Balaban J connectivity index is 1.73. The molecule has 0 aliphatic carbocycles. The van der Waals surface area contributed by atoms with Crippen molar-refractivity contribution in [3.05, 3.63) is 72.6 Å². The van der Waals surface area contributed by atoms with Gasteiger partial charge in [-0.2, -0.15) is 0 Å². The van der Waals surface area contributed by atoms with Crippen molar-refractivity contribution in [3.8, 4) is 28.0 Å². The molecule has 0 unspecified atom stereocenters. The molecule has 4 aromatic rings. The molecule has 0 saturated heterocycles. The fraction of sp³-hybridized carbons (Fsp3) is 0.192. The lowest BCUT2D eigenvalue weighted by Gasteiger charge is -2.12. The second-order valence-electron chi connectivity index (χ2n) is 8.20. The molecule has 34 heavy (non-hydrogen) atoms. The number of ether oxygens (including phenoxy) is 1. The first-order valence-corrected chi connectivity index (χ1v) is 10.8. The second-order valence-corrected chi connectivity index (χ2v) is 8.20. The van der Waals surface area contributed by atoms with E-state index in [9.17, 15) is 9.18 Å². The molecule has 3 aromatic heterocycles. The van der Waals surface area contributed by atoms with Crippen LogP contribution in [0.1, 0.15) is 5.69 Å². The SMILES string of the molecule is COc1cc(-c2cnc3[nH]cc(-c4ccnc(C)c4)c3c2)cc(NC(=O)/C=C/CN(C)C)c1F. The molecule has 0 aliphatic heterocycles. The van der Waals surface area contributed by atoms with Gasteiger partial charge in [0, 0.05) is 53.4 Å². The number of fused-ring (bicyclic) bond motifs is 1. The standard InChI is InChI=1S/C26H26FN5O2/c1-16-10-17(7-8-28-16)21-15-30-26-20(21)11-19(14-29-26)18-12-22(25(27)23(13-18)34-4)31-24(33)6-5-9-32(2)3/h5-8,10-15H,9H2,1-4H3,(H,29,30)(H,31,33)/b6-5+. The summed E-state index contributed by atoms with van der Waals surface area (Å²) in [6.07, 6.45) is 8.48. The number of hydrogen-bond donors (Lipinski definition) is 2. The maximum atomic E-state index is 14.9. The number of rotatable bonds is 7. The van der Waals surface area contributed by atoms with Gasteiger partial charge in [0.15, 0.2) is 11.6 Å². The third-order valence-corrected chi connectivity index (χ3v) is 5.33. The molecule has 0 bridgehead atoms. The number of pyridine rings is 2. The average molecular weight is 460 g/mol. The third kappa shape index (κ3) is 4.97. The first-order valence-electron chi connectivity index (χ1n) is 10.8. The van der Waals surface area contributed by atoms with Crippen molar-refractivity contribution < 1.29 is 13.9 Å². The van der Waals surface area contributed by atoms with E-state index >= 15 is 0 Å². The summed E-state index contributed by atoms with van der Waals surface area (Å²) in [5.74, 6) is -1.03. The molecule has 174 valence electrons. The van der Waals surface area contributed by atoms with Gasteiger partial charge in [-0.05, 0) is 62.5 Å². The topological polar surface area (TPSA) is 83.1 Å². The number of benzene rings is 1. The fourth-order valence-electron chi connectivity index (χ4n) is 3.66. The number of aryl methyl sites for hydroxylation is 1. The lowest BCUT2D eigenvalue weighted by Crippen LogP contribution is -2.13. The number of carbonyl (C=O) groups is 1. The summed E-state index contributed by atoms with van der Waals surface area (Å²) in [4.78, 5) is 26.2. The molecule has 0 saturated carbocycles. The number of methoxy groups -OCH3 is 1. The number of amides is 1. The lowest BCUT2D eigenvalue weighted by molar-refractivity contribution is -0.111. The molecule has 1 amide bonds. The number of anilines is 1. The minimum absolute atomic E-state index is 0.0317. The van der Waals surface area contributed by atoms with E-state index in [2.05, 4.69) is 20.3 Å². The summed E-state index contributed by atoms with van der Waals surface area (Å²) >= 11 is 0. The van der Waals surface area contributed by atoms with Crippen LogP contribution in [0, 0.1) is 12.7 Å². The predicted octanol–water partition coefficient (Wildman–Crippen LogP) is 4.80. The molecule has 0 radical (unpaired) electrons. The highest BCUT2D eigenvalue weighted by molar-refractivity contribution is 6.00. The van der Waals surface area contributed by atoms with E-state index < -0.39 is 11.7 Å². The molecule has 7 nitrogen and oxygen atoms in total. The van der Waals surface area contributed by atoms with E-state index in [1.165, 1.54) is 13.2 Å². The number of H-pyrrole nitrogens is 1. The molecule has 4 rings (SSSR count). The zero-order valence-electron chi connectivity index (χ0n) is 19.5. The van der Waals surface area contributed by atoms with Gasteiger partial charge in [-0.25, -0.2) is 9.37 Å². The van der Waals surface area contributed by atoms with E-state index in [0.717, 1.165) is 33.4 Å². The van der Waals surface area contributed by atoms with Crippen LogP contribution in [0.15, 0.2) is 61.1 Å². The van der Waals surface area contributed by atoms with E-state index in [1.54, 1.807) is 30.6 Å².